The number of phenols is 1. The Bertz CT molecular complexity index is 1270. The predicted octanol–water partition coefficient (Wildman–Crippen LogP) is 0.0868. The van der Waals surface area contributed by atoms with Gasteiger partial charge in [-0.05, 0) is 41.9 Å². The molecular formula is C32H50N6O9. The zero-order chi connectivity index (χ0) is 36.0. The van der Waals surface area contributed by atoms with E-state index in [-0.39, 0.29) is 30.9 Å². The lowest BCUT2D eigenvalue weighted by Gasteiger charge is -2.30. The molecule has 9 N–H and O–H groups in total. The number of carbonyl (C=O) groups excluding carboxylic acids is 6. The number of phenolic OH excluding ortho intramolecular Hbond substituents is 1. The number of carboxylic acid groups (broad SMARTS) is 1. The number of carboxylic acids is 1. The molecule has 15 nitrogen and oxygen atoms in total. The summed E-state index contributed by atoms with van der Waals surface area (Å²) in [6.45, 7) is 11.5. The van der Waals surface area contributed by atoms with E-state index in [2.05, 4.69) is 26.6 Å². The molecule has 0 aliphatic carbocycles. The first-order valence-electron chi connectivity index (χ1n) is 15.6. The minimum absolute atomic E-state index is 0.00140. The molecule has 1 aromatic carbocycles. The van der Waals surface area contributed by atoms with E-state index in [0.29, 0.717) is 12.0 Å². The van der Waals surface area contributed by atoms with E-state index in [1.165, 1.54) is 31.2 Å². The lowest BCUT2D eigenvalue weighted by atomic mass is 9.95. The number of rotatable bonds is 19. The standard InChI is InChI=1S/C32H50N6O9/c1-8-18(6)27(38-28(42)22(13-14-24(33)41)35-29(43)25(16(2)3)34-19(7)39)31(45)37-26(17(4)5)30(44)36-23(32(46)47)15-20-9-11-21(40)12-10-20/h9-12,16-18,22-23,25-27,40H,8,13-15H2,1-7H3,(H2,33,41)(H,34,39)(H,35,43)(H,36,44)(H,37,45)(H,38,42)(H,46,47)/t18-,22-,23-,25-,26-,27-/m0/s1. The van der Waals surface area contributed by atoms with Gasteiger partial charge in [0.05, 0.1) is 0 Å². The van der Waals surface area contributed by atoms with Crippen LogP contribution in [0.4, 0.5) is 0 Å². The molecular weight excluding hydrogens is 612 g/mol. The van der Waals surface area contributed by atoms with Gasteiger partial charge in [-0.15, -0.1) is 0 Å². The molecule has 6 amide bonds. The number of aromatic hydroxyl groups is 1. The summed E-state index contributed by atoms with van der Waals surface area (Å²) in [5.74, 6) is -6.66. The second-order valence-corrected chi connectivity index (χ2v) is 12.4. The zero-order valence-corrected chi connectivity index (χ0v) is 28.1. The van der Waals surface area contributed by atoms with E-state index in [9.17, 15) is 43.8 Å². The molecule has 0 fully saturated rings. The average molecular weight is 663 g/mol. The maximum Gasteiger partial charge on any atom is 0.326 e. The van der Waals surface area contributed by atoms with Crippen LogP contribution in [0.25, 0.3) is 0 Å². The van der Waals surface area contributed by atoms with Gasteiger partial charge in [0, 0.05) is 19.8 Å². The molecule has 6 atom stereocenters. The first-order valence-corrected chi connectivity index (χ1v) is 15.6. The lowest BCUT2D eigenvalue weighted by molar-refractivity contribution is -0.142. The van der Waals surface area contributed by atoms with E-state index in [1.54, 1.807) is 41.5 Å². The number of hydrogen-bond acceptors (Lipinski definition) is 8. The number of carbonyl (C=O) groups is 7. The first kappa shape index (κ1) is 40.3. The fourth-order valence-electron chi connectivity index (χ4n) is 4.63. The molecule has 0 unspecified atom stereocenters. The van der Waals surface area contributed by atoms with Gasteiger partial charge in [-0.2, -0.15) is 0 Å². The Kier molecular flexibility index (Phi) is 16.4. The summed E-state index contributed by atoms with van der Waals surface area (Å²) in [4.78, 5) is 88.6. The summed E-state index contributed by atoms with van der Waals surface area (Å²) in [7, 11) is 0. The van der Waals surface area contributed by atoms with Crippen molar-refractivity contribution in [2.24, 2.45) is 23.5 Å². The van der Waals surface area contributed by atoms with Crippen LogP contribution in [0, 0.1) is 17.8 Å². The average Bonchev–Trinajstić information content (AvgIpc) is 2.98. The number of primary amides is 1. The van der Waals surface area contributed by atoms with Crippen molar-refractivity contribution in [3.05, 3.63) is 29.8 Å². The van der Waals surface area contributed by atoms with Crippen molar-refractivity contribution < 1.29 is 43.8 Å². The Hall–Kier alpha value is -4.69. The van der Waals surface area contributed by atoms with Gasteiger partial charge in [0.1, 0.15) is 36.0 Å². The van der Waals surface area contributed by atoms with Crippen LogP contribution in [0.1, 0.15) is 73.3 Å². The Balaban J connectivity index is 3.20. The molecule has 262 valence electrons. The minimum atomic E-state index is -1.34. The maximum absolute atomic E-state index is 13.6. The number of benzene rings is 1. The Morgan fingerprint density at radius 3 is 1.62 bits per heavy atom. The molecule has 47 heavy (non-hydrogen) atoms. The van der Waals surface area contributed by atoms with Gasteiger partial charge in [-0.3, -0.25) is 28.8 Å². The highest BCUT2D eigenvalue weighted by Crippen LogP contribution is 2.14. The third kappa shape index (κ3) is 13.7. The van der Waals surface area contributed by atoms with Crippen LogP contribution < -0.4 is 32.3 Å². The topological polar surface area (TPSA) is 246 Å². The molecule has 0 heterocycles. The second-order valence-electron chi connectivity index (χ2n) is 12.4. The normalized spacial score (nSPS) is 14.9. The number of hydrogen-bond donors (Lipinski definition) is 8. The van der Waals surface area contributed by atoms with Crippen LogP contribution in [0.15, 0.2) is 24.3 Å². The van der Waals surface area contributed by atoms with Gasteiger partial charge in [-0.1, -0.05) is 60.1 Å². The lowest BCUT2D eigenvalue weighted by Crippen LogP contribution is -2.61. The van der Waals surface area contributed by atoms with Gasteiger partial charge in [0.15, 0.2) is 0 Å². The van der Waals surface area contributed by atoms with Crippen LogP contribution in [-0.4, -0.2) is 81.8 Å². The number of nitrogens with two attached hydrogens (primary N) is 1. The predicted molar refractivity (Wildman–Crippen MR) is 172 cm³/mol. The van der Waals surface area contributed by atoms with E-state index in [1.807, 2.05) is 0 Å². The van der Waals surface area contributed by atoms with Crippen LogP contribution >= 0.6 is 0 Å². The molecule has 0 aliphatic heterocycles. The SMILES string of the molecule is CC[C@H](C)[C@H](NC(=O)[C@H](CCC(N)=O)NC(=O)[C@@H](NC(C)=O)C(C)C)C(=O)N[C@H](C(=O)N[C@@H](Cc1ccc(O)cc1)C(=O)O)C(C)C. The van der Waals surface area contributed by atoms with Crippen LogP contribution in [0.5, 0.6) is 5.75 Å². The molecule has 0 bridgehead atoms. The van der Waals surface area contributed by atoms with E-state index >= 15 is 0 Å². The quantitative estimate of drug-likeness (QED) is 0.0998. The number of aliphatic carboxylic acids is 1. The summed E-state index contributed by atoms with van der Waals surface area (Å²) in [5.41, 5.74) is 5.84. The van der Waals surface area contributed by atoms with Gasteiger partial charge in [-0.25, -0.2) is 4.79 Å². The largest absolute Gasteiger partial charge is 0.508 e. The number of amides is 6. The van der Waals surface area contributed by atoms with Crippen molar-refractivity contribution in [1.29, 1.82) is 0 Å². The van der Waals surface area contributed by atoms with Crippen LogP contribution in [-0.2, 0) is 40.0 Å². The molecule has 0 aromatic heterocycles. The van der Waals surface area contributed by atoms with Gasteiger partial charge < -0.3 is 42.5 Å². The molecule has 1 aromatic rings. The van der Waals surface area contributed by atoms with Crippen LogP contribution in [0.2, 0.25) is 0 Å². The monoisotopic (exact) mass is 662 g/mol. The van der Waals surface area contributed by atoms with Crippen LogP contribution in [0.3, 0.4) is 0 Å². The smallest absolute Gasteiger partial charge is 0.326 e. The van der Waals surface area contributed by atoms with Crippen molar-refractivity contribution >= 4 is 41.4 Å². The summed E-state index contributed by atoms with van der Waals surface area (Å²) in [6.07, 6.45) is -0.0820. The fraction of sp³-hybridized carbons (Fsp3) is 0.594. The van der Waals surface area contributed by atoms with E-state index in [0.717, 1.165) is 0 Å². The van der Waals surface area contributed by atoms with Gasteiger partial charge in [0.25, 0.3) is 0 Å². The third-order valence-electron chi connectivity index (χ3n) is 7.65. The molecule has 1 rings (SSSR count). The van der Waals surface area contributed by atoms with Gasteiger partial charge >= 0.3 is 5.97 Å². The summed E-state index contributed by atoms with van der Waals surface area (Å²) < 4.78 is 0. The molecule has 0 radical (unpaired) electrons. The highest BCUT2D eigenvalue weighted by Gasteiger charge is 2.35. The maximum atomic E-state index is 13.6. The first-order chi connectivity index (χ1) is 21.9. The summed E-state index contributed by atoms with van der Waals surface area (Å²) in [5, 5.41) is 32.1. The second kappa shape index (κ2) is 19.1. The van der Waals surface area contributed by atoms with E-state index in [4.69, 9.17) is 5.73 Å². The Morgan fingerprint density at radius 2 is 1.17 bits per heavy atom. The molecule has 0 saturated heterocycles. The summed E-state index contributed by atoms with van der Waals surface area (Å²) >= 11 is 0. The van der Waals surface area contributed by atoms with Crippen molar-refractivity contribution in [2.75, 3.05) is 0 Å². The van der Waals surface area contributed by atoms with Crippen molar-refractivity contribution in [2.45, 2.75) is 104 Å². The van der Waals surface area contributed by atoms with Crippen molar-refractivity contribution in [3.63, 3.8) is 0 Å². The third-order valence-corrected chi connectivity index (χ3v) is 7.65. The van der Waals surface area contributed by atoms with Crippen molar-refractivity contribution in [1.82, 2.24) is 26.6 Å². The highest BCUT2D eigenvalue weighted by atomic mass is 16.4. The minimum Gasteiger partial charge on any atom is -0.508 e. The summed E-state index contributed by atoms with van der Waals surface area (Å²) in [6, 6.07) is -0.111. The number of nitrogens with one attached hydrogen (secondary N) is 5. The van der Waals surface area contributed by atoms with Crippen molar-refractivity contribution in [3.8, 4) is 5.75 Å². The van der Waals surface area contributed by atoms with Gasteiger partial charge in [0.2, 0.25) is 35.4 Å². The molecule has 0 saturated carbocycles. The molecule has 0 spiro atoms. The molecule has 15 heteroatoms. The van der Waals surface area contributed by atoms with E-state index < -0.39 is 83.5 Å². The Labute approximate surface area is 275 Å². The fourth-order valence-corrected chi connectivity index (χ4v) is 4.63. The highest BCUT2D eigenvalue weighted by molar-refractivity contribution is 5.96. The zero-order valence-electron chi connectivity index (χ0n) is 28.1. The molecule has 0 aliphatic rings. The Morgan fingerprint density at radius 1 is 0.702 bits per heavy atom.